The van der Waals surface area contributed by atoms with E-state index >= 15 is 0 Å². The van der Waals surface area contributed by atoms with Crippen LogP contribution in [0.3, 0.4) is 0 Å². The van der Waals surface area contributed by atoms with E-state index < -0.39 is 5.82 Å². The first-order valence-electron chi connectivity index (χ1n) is 10.0. The fraction of sp³-hybridized carbons (Fsp3) is 0.167. The number of benzene rings is 3. The lowest BCUT2D eigenvalue weighted by Gasteiger charge is -2.14. The van der Waals surface area contributed by atoms with Crippen molar-refractivity contribution >= 4 is 34.3 Å². The monoisotopic (exact) mass is 470 g/mol. The largest absolute Gasteiger partial charge is 0.494 e. The molecule has 1 aromatic heterocycles. The predicted octanol–water partition coefficient (Wildman–Crippen LogP) is 5.75. The molecule has 0 aliphatic carbocycles. The third-order valence-corrected chi connectivity index (χ3v) is 5.82. The molecular weight excluding hydrogens is 451 g/mol. The van der Waals surface area contributed by atoms with E-state index in [1.54, 1.807) is 18.2 Å². The van der Waals surface area contributed by atoms with Crippen LogP contribution in [0.4, 0.5) is 4.39 Å². The fourth-order valence-electron chi connectivity index (χ4n) is 3.15. The second kappa shape index (κ2) is 10.1. The van der Waals surface area contributed by atoms with Crippen molar-refractivity contribution in [2.24, 2.45) is 0 Å². The minimum absolute atomic E-state index is 0.0580. The van der Waals surface area contributed by atoms with Gasteiger partial charge in [0, 0.05) is 5.75 Å². The predicted molar refractivity (Wildman–Crippen MR) is 126 cm³/mol. The number of hydrogen-bond acceptors (Lipinski definition) is 5. The van der Waals surface area contributed by atoms with Crippen molar-refractivity contribution in [2.45, 2.75) is 12.1 Å². The molecule has 32 heavy (non-hydrogen) atoms. The van der Waals surface area contributed by atoms with Crippen LogP contribution in [0.5, 0.6) is 11.5 Å². The highest BCUT2D eigenvalue weighted by Crippen LogP contribution is 2.25. The van der Waals surface area contributed by atoms with Crippen molar-refractivity contribution in [1.82, 2.24) is 9.55 Å². The summed E-state index contributed by atoms with van der Waals surface area (Å²) in [6.07, 6.45) is 0. The topological polar surface area (TPSA) is 53.4 Å². The van der Waals surface area contributed by atoms with Gasteiger partial charge >= 0.3 is 0 Å². The second-order valence-electron chi connectivity index (χ2n) is 6.75. The van der Waals surface area contributed by atoms with E-state index in [0.29, 0.717) is 40.7 Å². The Balaban J connectivity index is 1.57. The minimum atomic E-state index is -0.546. The lowest BCUT2D eigenvalue weighted by Crippen LogP contribution is -2.22. The lowest BCUT2D eigenvalue weighted by molar-refractivity contribution is 0.332. The van der Waals surface area contributed by atoms with Crippen molar-refractivity contribution in [2.75, 3.05) is 19.0 Å². The molecule has 5 nitrogen and oxygen atoms in total. The van der Waals surface area contributed by atoms with Gasteiger partial charge in [-0.05, 0) is 61.5 Å². The van der Waals surface area contributed by atoms with Gasteiger partial charge in [0.15, 0.2) is 5.16 Å². The summed E-state index contributed by atoms with van der Waals surface area (Å²) in [7, 11) is 0. The number of nitrogens with zero attached hydrogens (tertiary/aromatic N) is 2. The van der Waals surface area contributed by atoms with E-state index in [2.05, 4.69) is 4.98 Å². The highest BCUT2D eigenvalue weighted by atomic mass is 35.5. The molecule has 4 aromatic rings. The van der Waals surface area contributed by atoms with Crippen LogP contribution >= 0.6 is 23.4 Å². The highest BCUT2D eigenvalue weighted by Gasteiger charge is 2.14. The van der Waals surface area contributed by atoms with Crippen molar-refractivity contribution < 1.29 is 13.9 Å². The van der Waals surface area contributed by atoms with Crippen LogP contribution in [-0.2, 0) is 0 Å². The van der Waals surface area contributed by atoms with Crippen molar-refractivity contribution in [1.29, 1.82) is 0 Å². The quantitative estimate of drug-likeness (QED) is 0.186. The molecule has 3 aromatic carbocycles. The molecule has 0 radical (unpaired) electrons. The Morgan fingerprint density at radius 3 is 2.47 bits per heavy atom. The van der Waals surface area contributed by atoms with Crippen LogP contribution < -0.4 is 15.0 Å². The maximum absolute atomic E-state index is 13.7. The minimum Gasteiger partial charge on any atom is -0.494 e. The molecule has 0 saturated carbocycles. The number of fused-ring (bicyclic) bond motifs is 1. The van der Waals surface area contributed by atoms with E-state index in [0.717, 1.165) is 11.5 Å². The fourth-order valence-corrected chi connectivity index (χ4v) is 4.16. The molecule has 0 spiro atoms. The smallest absolute Gasteiger partial charge is 0.266 e. The summed E-state index contributed by atoms with van der Waals surface area (Å²) in [6.45, 7) is 2.95. The third kappa shape index (κ3) is 4.89. The van der Waals surface area contributed by atoms with Crippen LogP contribution in [-0.4, -0.2) is 28.5 Å². The molecule has 164 valence electrons. The van der Waals surface area contributed by atoms with Gasteiger partial charge in [0.2, 0.25) is 0 Å². The standard InChI is InChI=1S/C24H20ClFN2O3S/c1-2-30-17-8-10-18(11-9-17)31-13-14-32-24-27-22-6-4-3-5-19(22)23(29)28(24)16-7-12-21(26)20(25)15-16/h3-12,15H,2,13-14H2,1H3. The summed E-state index contributed by atoms with van der Waals surface area (Å²) < 4.78 is 26.4. The SMILES string of the molecule is CCOc1ccc(OCCSc2nc3ccccc3c(=O)n2-c2ccc(F)c(Cl)c2)cc1. The number of ether oxygens (including phenoxy) is 2. The Morgan fingerprint density at radius 2 is 1.75 bits per heavy atom. The van der Waals surface area contributed by atoms with Crippen LogP contribution in [0.2, 0.25) is 5.02 Å². The molecule has 0 bridgehead atoms. The normalized spacial score (nSPS) is 11.0. The van der Waals surface area contributed by atoms with E-state index in [4.69, 9.17) is 21.1 Å². The number of thioether (sulfide) groups is 1. The number of halogens is 2. The van der Waals surface area contributed by atoms with Gasteiger partial charge in [0.05, 0.1) is 34.8 Å². The van der Waals surface area contributed by atoms with Crippen LogP contribution in [0.15, 0.2) is 76.7 Å². The lowest BCUT2D eigenvalue weighted by atomic mass is 10.2. The molecule has 0 amide bonds. The van der Waals surface area contributed by atoms with E-state index in [1.165, 1.54) is 34.5 Å². The third-order valence-electron chi connectivity index (χ3n) is 4.62. The van der Waals surface area contributed by atoms with E-state index in [1.807, 2.05) is 37.3 Å². The van der Waals surface area contributed by atoms with Gasteiger partial charge in [-0.25, -0.2) is 9.37 Å². The van der Waals surface area contributed by atoms with Crippen molar-refractivity contribution in [3.8, 4) is 17.2 Å². The average Bonchev–Trinajstić information content (AvgIpc) is 2.80. The zero-order valence-corrected chi connectivity index (χ0v) is 18.8. The molecule has 1 heterocycles. The Kier molecular flexibility index (Phi) is 6.97. The molecule has 0 fully saturated rings. The summed E-state index contributed by atoms with van der Waals surface area (Å²) in [4.78, 5) is 17.9. The van der Waals surface area contributed by atoms with Gasteiger partial charge in [0.25, 0.3) is 5.56 Å². The zero-order chi connectivity index (χ0) is 22.5. The summed E-state index contributed by atoms with van der Waals surface area (Å²) in [6, 6.07) is 18.7. The Morgan fingerprint density at radius 1 is 1.03 bits per heavy atom. The average molecular weight is 471 g/mol. The Labute approximate surface area is 193 Å². The van der Waals surface area contributed by atoms with Gasteiger partial charge in [0.1, 0.15) is 17.3 Å². The van der Waals surface area contributed by atoms with Crippen LogP contribution in [0.25, 0.3) is 16.6 Å². The van der Waals surface area contributed by atoms with Gasteiger partial charge < -0.3 is 9.47 Å². The maximum atomic E-state index is 13.7. The molecule has 0 unspecified atom stereocenters. The molecule has 0 N–H and O–H groups in total. The molecular formula is C24H20ClFN2O3S. The first-order chi connectivity index (χ1) is 15.6. The second-order valence-corrected chi connectivity index (χ2v) is 8.22. The summed E-state index contributed by atoms with van der Waals surface area (Å²) in [5.74, 6) is 1.52. The molecule has 8 heteroatoms. The van der Waals surface area contributed by atoms with Crippen LogP contribution in [0.1, 0.15) is 6.92 Å². The summed E-state index contributed by atoms with van der Waals surface area (Å²) in [5.41, 5.74) is 0.805. The first-order valence-corrected chi connectivity index (χ1v) is 11.4. The van der Waals surface area contributed by atoms with Crippen molar-refractivity contribution in [3.05, 3.63) is 87.9 Å². The number of aromatic nitrogens is 2. The summed E-state index contributed by atoms with van der Waals surface area (Å²) >= 11 is 7.34. The first kappa shape index (κ1) is 22.2. The molecule has 0 aliphatic heterocycles. The molecule has 0 aliphatic rings. The van der Waals surface area contributed by atoms with E-state index in [9.17, 15) is 9.18 Å². The Hall–Kier alpha value is -3.03. The van der Waals surface area contributed by atoms with Gasteiger partial charge in [-0.15, -0.1) is 0 Å². The number of para-hydroxylation sites is 1. The molecule has 0 atom stereocenters. The zero-order valence-electron chi connectivity index (χ0n) is 17.3. The summed E-state index contributed by atoms with van der Waals surface area (Å²) in [5, 5.41) is 0.895. The van der Waals surface area contributed by atoms with Crippen LogP contribution in [0, 0.1) is 5.82 Å². The maximum Gasteiger partial charge on any atom is 0.266 e. The van der Waals surface area contributed by atoms with E-state index in [-0.39, 0.29) is 10.6 Å². The highest BCUT2D eigenvalue weighted by molar-refractivity contribution is 7.99. The molecule has 4 rings (SSSR count). The van der Waals surface area contributed by atoms with Crippen molar-refractivity contribution in [3.63, 3.8) is 0 Å². The Bertz CT molecular complexity index is 1290. The molecule has 0 saturated heterocycles. The number of hydrogen-bond donors (Lipinski definition) is 0. The van der Waals surface area contributed by atoms with Gasteiger partial charge in [-0.2, -0.15) is 0 Å². The van der Waals surface area contributed by atoms with Gasteiger partial charge in [-0.1, -0.05) is 35.5 Å². The number of rotatable bonds is 8. The van der Waals surface area contributed by atoms with Gasteiger partial charge in [-0.3, -0.25) is 9.36 Å².